The van der Waals surface area contributed by atoms with E-state index in [1.807, 2.05) is 22.7 Å². The molecule has 13 rings (SSSR count). The van der Waals surface area contributed by atoms with Gasteiger partial charge in [0.1, 0.15) is 0 Å². The van der Waals surface area contributed by atoms with Crippen molar-refractivity contribution in [2.24, 2.45) is 0 Å². The van der Waals surface area contributed by atoms with Crippen LogP contribution in [0.3, 0.4) is 0 Å². The summed E-state index contributed by atoms with van der Waals surface area (Å²) in [6.07, 6.45) is 0. The van der Waals surface area contributed by atoms with E-state index >= 15 is 0 Å². The molecule has 286 valence electrons. The number of rotatable bonds is 3. The predicted octanol–water partition coefficient (Wildman–Crippen LogP) is 14.2. The Bertz CT molecular complexity index is 3670. The molecule has 2 nitrogen and oxygen atoms in total. The molecule has 0 bridgehead atoms. The molecular formula is C55H41BN2S2. The van der Waals surface area contributed by atoms with Gasteiger partial charge in [-0.05, 0) is 98.2 Å². The van der Waals surface area contributed by atoms with Crippen LogP contribution in [0.4, 0.5) is 11.4 Å². The molecule has 0 saturated carbocycles. The van der Waals surface area contributed by atoms with Gasteiger partial charge in [0.25, 0.3) is 0 Å². The molecule has 4 heterocycles. The Hall–Kier alpha value is -6.14. The van der Waals surface area contributed by atoms with Crippen LogP contribution < -0.4 is 16.2 Å². The monoisotopic (exact) mass is 804 g/mol. The van der Waals surface area contributed by atoms with E-state index in [9.17, 15) is 0 Å². The van der Waals surface area contributed by atoms with Crippen LogP contribution in [0.25, 0.3) is 90.1 Å². The highest BCUT2D eigenvalue weighted by molar-refractivity contribution is 7.26. The highest BCUT2D eigenvalue weighted by atomic mass is 32.1. The Labute approximate surface area is 358 Å². The van der Waals surface area contributed by atoms with Gasteiger partial charge in [-0.3, -0.25) is 0 Å². The quantitative estimate of drug-likeness (QED) is 0.176. The molecule has 1 N–H and O–H groups in total. The molecule has 2 aliphatic rings. The molecule has 0 fully saturated rings. The first-order valence-electron chi connectivity index (χ1n) is 21.1. The second-order valence-electron chi connectivity index (χ2n) is 18.6. The molecule has 0 amide bonds. The van der Waals surface area contributed by atoms with Crippen molar-refractivity contribution in [3.8, 4) is 27.9 Å². The highest BCUT2D eigenvalue weighted by Gasteiger charge is 2.38. The van der Waals surface area contributed by atoms with Crippen molar-refractivity contribution < 1.29 is 0 Å². The zero-order valence-electron chi connectivity index (χ0n) is 34.3. The lowest BCUT2D eigenvalue weighted by molar-refractivity contribution is 0.590. The Morgan fingerprint density at radius 3 is 2.00 bits per heavy atom. The molecule has 0 atom stereocenters. The summed E-state index contributed by atoms with van der Waals surface area (Å²) >= 11 is 3.79. The number of fused-ring (bicyclic) bond motifs is 15. The van der Waals surface area contributed by atoms with E-state index in [-0.39, 0.29) is 10.8 Å². The van der Waals surface area contributed by atoms with Crippen LogP contribution in [-0.2, 0) is 10.8 Å². The maximum Gasteiger partial charge on any atom is 0.198 e. The molecule has 60 heavy (non-hydrogen) atoms. The highest BCUT2D eigenvalue weighted by Crippen LogP contribution is 2.54. The first kappa shape index (κ1) is 34.7. The van der Waals surface area contributed by atoms with Crippen LogP contribution in [0.15, 0.2) is 146 Å². The van der Waals surface area contributed by atoms with E-state index in [0.717, 1.165) is 18.7 Å². The van der Waals surface area contributed by atoms with E-state index in [1.54, 1.807) is 0 Å². The molecular weight excluding hydrogens is 764 g/mol. The number of nitrogens with one attached hydrogen (secondary N) is 1. The smallest absolute Gasteiger partial charge is 0.198 e. The van der Waals surface area contributed by atoms with E-state index in [0.29, 0.717) is 0 Å². The number of anilines is 2. The average molecular weight is 805 g/mol. The van der Waals surface area contributed by atoms with Crippen molar-refractivity contribution >= 4 is 114 Å². The van der Waals surface area contributed by atoms with Crippen LogP contribution in [0.2, 0.25) is 0 Å². The Balaban J connectivity index is 1.13. The molecule has 0 radical (unpaired) electrons. The fraction of sp³-hybridized carbons (Fsp3) is 0.127. The normalized spacial score (nSPS) is 14.0. The lowest BCUT2D eigenvalue weighted by Gasteiger charge is -2.24. The van der Waals surface area contributed by atoms with E-state index < -0.39 is 0 Å². The topological polar surface area (TPSA) is 17.0 Å². The first-order valence-corrected chi connectivity index (χ1v) is 22.8. The van der Waals surface area contributed by atoms with E-state index in [4.69, 9.17) is 0 Å². The summed E-state index contributed by atoms with van der Waals surface area (Å²) in [6.45, 7) is 11.6. The van der Waals surface area contributed by atoms with Crippen LogP contribution in [-0.4, -0.2) is 11.8 Å². The number of nitrogens with zero attached hydrogens (tertiary/aromatic N) is 1. The Kier molecular flexibility index (Phi) is 6.94. The van der Waals surface area contributed by atoms with Crippen LogP contribution >= 0.6 is 22.7 Å². The van der Waals surface area contributed by atoms with Gasteiger partial charge >= 0.3 is 0 Å². The molecule has 1 aliphatic heterocycles. The van der Waals surface area contributed by atoms with E-state index in [2.05, 4.69) is 190 Å². The van der Waals surface area contributed by atoms with Crippen molar-refractivity contribution in [1.29, 1.82) is 0 Å². The zero-order chi connectivity index (χ0) is 40.2. The molecule has 0 saturated heterocycles. The number of hydrogen-bond acceptors (Lipinski definition) is 3. The molecule has 0 spiro atoms. The number of thiophene rings is 2. The minimum atomic E-state index is -0.0803. The molecule has 1 aliphatic carbocycles. The Morgan fingerprint density at radius 1 is 0.567 bits per heavy atom. The van der Waals surface area contributed by atoms with Crippen molar-refractivity contribution in [1.82, 2.24) is 4.57 Å². The first-order chi connectivity index (χ1) is 29.1. The largest absolute Gasteiger partial charge is 0.355 e. The molecule has 11 aromatic rings. The molecule has 0 unspecified atom stereocenters. The minimum Gasteiger partial charge on any atom is -0.355 e. The number of aromatic nitrogens is 1. The summed E-state index contributed by atoms with van der Waals surface area (Å²) in [5.41, 5.74) is 18.4. The summed E-state index contributed by atoms with van der Waals surface area (Å²) in [5.74, 6) is 0. The zero-order valence-corrected chi connectivity index (χ0v) is 36.0. The maximum atomic E-state index is 3.96. The molecule has 3 aromatic heterocycles. The third kappa shape index (κ3) is 4.71. The van der Waals surface area contributed by atoms with Gasteiger partial charge < -0.3 is 9.88 Å². The van der Waals surface area contributed by atoms with Gasteiger partial charge in [-0.15, -0.1) is 22.7 Å². The lowest BCUT2D eigenvalue weighted by atomic mass is 9.59. The van der Waals surface area contributed by atoms with Crippen LogP contribution in [0.5, 0.6) is 0 Å². The van der Waals surface area contributed by atoms with Crippen LogP contribution in [0, 0.1) is 0 Å². The SMILES string of the molecule is CC(C)(C)c1ccc(Nc2cc3sc4ccccc4c3cc2-c2ccc3c4c5c(ccc4n4c3c2Bc2cc3c(cc2-4)sc2ccccc23)C(C)(C)c2ccccc2-5)cc1. The van der Waals surface area contributed by atoms with Crippen molar-refractivity contribution in [2.45, 2.75) is 45.4 Å². The average Bonchev–Trinajstić information content (AvgIpc) is 3.97. The lowest BCUT2D eigenvalue weighted by Crippen LogP contribution is -2.37. The van der Waals surface area contributed by atoms with Gasteiger partial charge in [-0.2, -0.15) is 0 Å². The summed E-state index contributed by atoms with van der Waals surface area (Å²) < 4.78 is 7.94. The fourth-order valence-electron chi connectivity index (χ4n) is 10.8. The third-order valence-electron chi connectivity index (χ3n) is 13.8. The van der Waals surface area contributed by atoms with Gasteiger partial charge in [0.2, 0.25) is 0 Å². The van der Waals surface area contributed by atoms with E-state index in [1.165, 1.54) is 118 Å². The van der Waals surface area contributed by atoms with Gasteiger partial charge in [0.15, 0.2) is 7.28 Å². The summed E-state index contributed by atoms with van der Waals surface area (Å²) in [4.78, 5) is 0. The second kappa shape index (κ2) is 12.0. The number of benzene rings is 8. The fourth-order valence-corrected chi connectivity index (χ4v) is 13.0. The van der Waals surface area contributed by atoms with Gasteiger partial charge in [-0.1, -0.05) is 137 Å². The number of hydrogen-bond donors (Lipinski definition) is 1. The minimum absolute atomic E-state index is 0.0803. The van der Waals surface area contributed by atoms with Crippen molar-refractivity contribution in [3.63, 3.8) is 0 Å². The predicted molar refractivity (Wildman–Crippen MR) is 264 cm³/mol. The van der Waals surface area contributed by atoms with Crippen molar-refractivity contribution in [3.05, 3.63) is 162 Å². The maximum absolute atomic E-state index is 3.96. The Morgan fingerprint density at radius 2 is 1.25 bits per heavy atom. The molecule has 5 heteroatoms. The second-order valence-corrected chi connectivity index (χ2v) is 20.7. The van der Waals surface area contributed by atoms with Gasteiger partial charge in [0.05, 0.1) is 5.52 Å². The summed E-state index contributed by atoms with van der Waals surface area (Å²) in [6, 6.07) is 55.6. The summed E-state index contributed by atoms with van der Waals surface area (Å²) in [5, 5.41) is 12.0. The van der Waals surface area contributed by atoms with Crippen molar-refractivity contribution in [2.75, 3.05) is 5.32 Å². The third-order valence-corrected chi connectivity index (χ3v) is 16.0. The van der Waals surface area contributed by atoms with Gasteiger partial charge in [0, 0.05) is 79.3 Å². The molecule has 8 aromatic carbocycles. The van der Waals surface area contributed by atoms with Crippen LogP contribution in [0.1, 0.15) is 51.3 Å². The summed E-state index contributed by atoms with van der Waals surface area (Å²) in [7, 11) is 0.852. The van der Waals surface area contributed by atoms with Gasteiger partial charge in [-0.25, -0.2) is 0 Å². The standard InChI is InChI=1S/C55H41BN2S2/c1-54(2,3)30-18-20-31(21-19-30)57-43-28-48-38(32-12-7-10-16-46(32)59-48)26-37(43)34-22-23-36-51-44(25-24-41-50(51)35-14-6-9-15-40(35)55(41,4)5)58-45-29-49-39(27-42(45)56-52(34)53(36)58)33-13-8-11-17-47(33)60-49/h6-29,56-57H,1-5H3.